The van der Waals surface area contributed by atoms with Crippen molar-refractivity contribution in [1.82, 2.24) is 9.97 Å². The molecule has 0 unspecified atom stereocenters. The molecule has 2 N–H and O–H groups in total. The van der Waals surface area contributed by atoms with Crippen LogP contribution in [0, 0.1) is 0 Å². The summed E-state index contributed by atoms with van der Waals surface area (Å²) >= 11 is 0. The maximum atomic E-state index is 12.8. The molecular formula is C15H10F3N3. The van der Waals surface area contributed by atoms with Crippen LogP contribution in [0.15, 0.2) is 48.8 Å². The molecule has 0 atom stereocenters. The first-order valence-corrected chi connectivity index (χ1v) is 6.13. The highest BCUT2D eigenvalue weighted by atomic mass is 19.4. The number of hydrogen-bond donors (Lipinski definition) is 1. The summed E-state index contributed by atoms with van der Waals surface area (Å²) in [5, 5.41) is 0.671. The molecule has 0 fully saturated rings. The monoisotopic (exact) mass is 289 g/mol. The summed E-state index contributed by atoms with van der Waals surface area (Å²) in [5.74, 6) is 0.251. The van der Waals surface area contributed by atoms with Gasteiger partial charge in [0, 0.05) is 23.3 Å². The molecule has 3 nitrogen and oxygen atoms in total. The number of nitrogens with two attached hydrogens (primary N) is 1. The van der Waals surface area contributed by atoms with Gasteiger partial charge in [-0.2, -0.15) is 13.2 Å². The topological polar surface area (TPSA) is 51.8 Å². The maximum absolute atomic E-state index is 12.8. The summed E-state index contributed by atoms with van der Waals surface area (Å²) < 4.78 is 38.4. The Morgan fingerprint density at radius 1 is 1.00 bits per heavy atom. The number of anilines is 1. The molecule has 0 aliphatic heterocycles. The Hall–Kier alpha value is -2.63. The van der Waals surface area contributed by atoms with Gasteiger partial charge in [-0.1, -0.05) is 18.2 Å². The van der Waals surface area contributed by atoms with E-state index in [2.05, 4.69) is 9.97 Å². The number of rotatable bonds is 1. The van der Waals surface area contributed by atoms with Gasteiger partial charge in [0.15, 0.2) is 0 Å². The Bertz CT molecular complexity index is 813. The molecule has 0 amide bonds. The van der Waals surface area contributed by atoms with Crippen LogP contribution in [0.25, 0.3) is 22.0 Å². The van der Waals surface area contributed by atoms with E-state index in [0.717, 1.165) is 12.1 Å². The molecule has 0 aliphatic rings. The largest absolute Gasteiger partial charge is 0.416 e. The van der Waals surface area contributed by atoms with Crippen LogP contribution in [0.2, 0.25) is 0 Å². The molecule has 0 bridgehead atoms. The van der Waals surface area contributed by atoms with E-state index in [4.69, 9.17) is 5.73 Å². The fraction of sp³-hybridized carbons (Fsp3) is 0.0667. The van der Waals surface area contributed by atoms with Gasteiger partial charge >= 0.3 is 6.18 Å². The SMILES string of the molecule is Nc1ncc(-c2cccc(C(F)(F)F)c2)c2cccnc12. The lowest BCUT2D eigenvalue weighted by Crippen LogP contribution is -2.04. The molecule has 2 aromatic heterocycles. The first kappa shape index (κ1) is 13.4. The molecule has 0 radical (unpaired) electrons. The Kier molecular flexibility index (Phi) is 3.01. The molecule has 1 aromatic carbocycles. The van der Waals surface area contributed by atoms with Gasteiger partial charge in [0.05, 0.1) is 5.56 Å². The van der Waals surface area contributed by atoms with Crippen LogP contribution in [0.3, 0.4) is 0 Å². The van der Waals surface area contributed by atoms with Crippen molar-refractivity contribution < 1.29 is 13.2 Å². The zero-order valence-electron chi connectivity index (χ0n) is 10.7. The summed E-state index contributed by atoms with van der Waals surface area (Å²) in [6.07, 6.45) is -1.35. The first-order valence-electron chi connectivity index (χ1n) is 6.13. The quantitative estimate of drug-likeness (QED) is 0.739. The van der Waals surface area contributed by atoms with E-state index in [0.29, 0.717) is 22.0 Å². The third-order valence-electron chi connectivity index (χ3n) is 3.17. The maximum Gasteiger partial charge on any atom is 0.416 e. The van der Waals surface area contributed by atoms with Gasteiger partial charge in [0.2, 0.25) is 0 Å². The zero-order valence-corrected chi connectivity index (χ0v) is 10.7. The third-order valence-corrected chi connectivity index (χ3v) is 3.17. The molecule has 0 spiro atoms. The number of hydrogen-bond acceptors (Lipinski definition) is 3. The van der Waals surface area contributed by atoms with E-state index < -0.39 is 11.7 Å². The lowest BCUT2D eigenvalue weighted by Gasteiger charge is -2.11. The van der Waals surface area contributed by atoms with Crippen molar-refractivity contribution in [2.75, 3.05) is 5.73 Å². The smallest absolute Gasteiger partial charge is 0.382 e. The Labute approximate surface area is 118 Å². The lowest BCUT2D eigenvalue weighted by atomic mass is 10.0. The van der Waals surface area contributed by atoms with Crippen molar-refractivity contribution in [1.29, 1.82) is 0 Å². The van der Waals surface area contributed by atoms with E-state index in [1.807, 2.05) is 0 Å². The summed E-state index contributed by atoms with van der Waals surface area (Å²) in [6, 6.07) is 8.58. The van der Waals surface area contributed by atoms with Crippen LogP contribution in [-0.2, 0) is 6.18 Å². The normalized spacial score (nSPS) is 11.8. The van der Waals surface area contributed by atoms with Gasteiger partial charge in [-0.05, 0) is 23.8 Å². The second-order valence-corrected chi connectivity index (χ2v) is 4.54. The summed E-state index contributed by atoms with van der Waals surface area (Å²) in [4.78, 5) is 8.14. The molecule has 106 valence electrons. The van der Waals surface area contributed by atoms with Crippen LogP contribution in [0.1, 0.15) is 5.56 Å². The van der Waals surface area contributed by atoms with Crippen LogP contribution < -0.4 is 5.73 Å². The molecule has 2 heterocycles. The molecule has 6 heteroatoms. The molecule has 21 heavy (non-hydrogen) atoms. The Morgan fingerprint density at radius 3 is 2.57 bits per heavy atom. The van der Waals surface area contributed by atoms with E-state index in [1.165, 1.54) is 12.3 Å². The number of nitrogen functional groups attached to an aromatic ring is 1. The van der Waals surface area contributed by atoms with Crippen molar-refractivity contribution in [2.45, 2.75) is 6.18 Å². The van der Waals surface area contributed by atoms with Crippen LogP contribution in [-0.4, -0.2) is 9.97 Å². The molecule has 3 aromatic rings. The average molecular weight is 289 g/mol. The number of pyridine rings is 2. The van der Waals surface area contributed by atoms with Crippen molar-refractivity contribution in [3.05, 3.63) is 54.4 Å². The second kappa shape index (κ2) is 4.73. The molecule has 3 rings (SSSR count). The second-order valence-electron chi connectivity index (χ2n) is 4.54. The molecule has 0 saturated carbocycles. The van der Waals surface area contributed by atoms with Gasteiger partial charge in [0.1, 0.15) is 11.3 Å². The zero-order chi connectivity index (χ0) is 15.0. The average Bonchev–Trinajstić information content (AvgIpc) is 2.47. The molecular weight excluding hydrogens is 279 g/mol. The highest BCUT2D eigenvalue weighted by Crippen LogP contribution is 2.34. The highest BCUT2D eigenvalue weighted by Gasteiger charge is 2.30. The summed E-state index contributed by atoms with van der Waals surface area (Å²) in [7, 11) is 0. The number of alkyl halides is 3. The minimum Gasteiger partial charge on any atom is -0.382 e. The number of aromatic nitrogens is 2. The van der Waals surface area contributed by atoms with Gasteiger partial charge in [-0.25, -0.2) is 4.98 Å². The predicted molar refractivity (Wildman–Crippen MR) is 74.4 cm³/mol. The first-order chi connectivity index (χ1) is 9.97. The van der Waals surface area contributed by atoms with Crippen LogP contribution >= 0.6 is 0 Å². The van der Waals surface area contributed by atoms with Crippen LogP contribution in [0.4, 0.5) is 19.0 Å². The van der Waals surface area contributed by atoms with E-state index in [-0.39, 0.29) is 5.82 Å². The standard InChI is InChI=1S/C15H10F3N3/c16-15(17,18)10-4-1-3-9(7-10)12-8-21-14(19)13-11(12)5-2-6-20-13/h1-8H,(H2,19,21). The van der Waals surface area contributed by atoms with Gasteiger partial charge in [-0.3, -0.25) is 4.98 Å². The Morgan fingerprint density at radius 2 is 1.81 bits per heavy atom. The van der Waals surface area contributed by atoms with E-state index in [1.54, 1.807) is 24.4 Å². The minimum atomic E-state index is -4.38. The molecule has 0 saturated heterocycles. The molecule has 0 aliphatic carbocycles. The van der Waals surface area contributed by atoms with Gasteiger partial charge < -0.3 is 5.73 Å². The summed E-state index contributed by atoms with van der Waals surface area (Å²) in [6.45, 7) is 0. The number of benzene rings is 1. The van der Waals surface area contributed by atoms with Gasteiger partial charge in [-0.15, -0.1) is 0 Å². The summed E-state index contributed by atoms with van der Waals surface area (Å²) in [5.41, 5.74) is 6.52. The van der Waals surface area contributed by atoms with Crippen LogP contribution in [0.5, 0.6) is 0 Å². The van der Waals surface area contributed by atoms with Crippen molar-refractivity contribution in [3.63, 3.8) is 0 Å². The number of fused-ring (bicyclic) bond motifs is 1. The van der Waals surface area contributed by atoms with Crippen molar-refractivity contribution in [3.8, 4) is 11.1 Å². The van der Waals surface area contributed by atoms with Crippen molar-refractivity contribution >= 4 is 16.7 Å². The van der Waals surface area contributed by atoms with Gasteiger partial charge in [0.25, 0.3) is 0 Å². The predicted octanol–water partition coefficient (Wildman–Crippen LogP) is 3.90. The van der Waals surface area contributed by atoms with E-state index in [9.17, 15) is 13.2 Å². The number of nitrogens with zero attached hydrogens (tertiary/aromatic N) is 2. The minimum absolute atomic E-state index is 0.251. The van der Waals surface area contributed by atoms with Crippen molar-refractivity contribution in [2.24, 2.45) is 0 Å². The fourth-order valence-corrected chi connectivity index (χ4v) is 2.18. The Balaban J connectivity index is 2.24. The fourth-order valence-electron chi connectivity index (χ4n) is 2.18. The lowest BCUT2D eigenvalue weighted by molar-refractivity contribution is -0.137. The number of halogens is 3. The van der Waals surface area contributed by atoms with E-state index >= 15 is 0 Å². The highest BCUT2D eigenvalue weighted by molar-refractivity contribution is 5.98. The third kappa shape index (κ3) is 2.40.